The molecule has 0 N–H and O–H groups in total. The van der Waals surface area contributed by atoms with Gasteiger partial charge in [0.05, 0.1) is 17.8 Å². The predicted molar refractivity (Wildman–Crippen MR) is 122 cm³/mol. The molecule has 1 aliphatic rings. The number of aromatic nitrogens is 1. The number of hydrogen-bond acceptors (Lipinski definition) is 4. The van der Waals surface area contributed by atoms with Crippen molar-refractivity contribution in [3.63, 3.8) is 0 Å². The van der Waals surface area contributed by atoms with Crippen molar-refractivity contribution in [1.82, 2.24) is 10.1 Å². The highest BCUT2D eigenvalue weighted by atomic mass is 35.5. The molecule has 1 aromatic heterocycles. The molecule has 0 spiro atoms. The summed E-state index contributed by atoms with van der Waals surface area (Å²) in [5.74, 6) is 0.292. The van der Waals surface area contributed by atoms with Gasteiger partial charge in [-0.05, 0) is 30.3 Å². The second-order valence-corrected chi connectivity index (χ2v) is 8.10. The van der Waals surface area contributed by atoms with Crippen molar-refractivity contribution >= 4 is 23.3 Å². The summed E-state index contributed by atoms with van der Waals surface area (Å²) in [6, 6.07) is 23.3. The van der Waals surface area contributed by atoms with E-state index in [-0.39, 0.29) is 11.7 Å². The molecule has 32 heavy (non-hydrogen) atoms. The van der Waals surface area contributed by atoms with Crippen LogP contribution in [-0.2, 0) is 13.0 Å². The molecule has 0 saturated heterocycles. The summed E-state index contributed by atoms with van der Waals surface area (Å²) in [5, 5.41) is 4.85. The van der Waals surface area contributed by atoms with Gasteiger partial charge in [-0.2, -0.15) is 0 Å². The van der Waals surface area contributed by atoms with Gasteiger partial charge in [0.25, 0.3) is 5.91 Å². The van der Waals surface area contributed by atoms with Crippen LogP contribution in [0.4, 0.5) is 0 Å². The highest BCUT2D eigenvalue weighted by Gasteiger charge is 2.29. The molecule has 0 bridgehead atoms. The number of nitrogens with zero attached hydrogens (tertiary/aromatic N) is 2. The number of rotatable bonds is 4. The van der Waals surface area contributed by atoms with E-state index in [2.05, 4.69) is 5.16 Å². The molecule has 0 radical (unpaired) electrons. The van der Waals surface area contributed by atoms with Crippen molar-refractivity contribution in [3.05, 3.63) is 112 Å². The van der Waals surface area contributed by atoms with E-state index in [1.54, 1.807) is 53.4 Å². The van der Waals surface area contributed by atoms with E-state index in [4.69, 9.17) is 16.1 Å². The maximum atomic E-state index is 13.5. The van der Waals surface area contributed by atoms with E-state index in [9.17, 15) is 9.59 Å². The van der Waals surface area contributed by atoms with Crippen LogP contribution in [-0.4, -0.2) is 28.3 Å². The lowest BCUT2D eigenvalue weighted by atomic mass is 9.96. The van der Waals surface area contributed by atoms with E-state index < -0.39 is 0 Å². The fraction of sp³-hybridized carbons (Fsp3) is 0.115. The van der Waals surface area contributed by atoms with Gasteiger partial charge in [-0.15, -0.1) is 0 Å². The Bertz CT molecular complexity index is 1300. The van der Waals surface area contributed by atoms with Crippen molar-refractivity contribution in [2.75, 3.05) is 6.54 Å². The molecular weight excluding hydrogens is 424 g/mol. The van der Waals surface area contributed by atoms with Gasteiger partial charge in [0, 0.05) is 40.2 Å². The Balaban J connectivity index is 1.45. The van der Waals surface area contributed by atoms with Gasteiger partial charge < -0.3 is 9.42 Å². The van der Waals surface area contributed by atoms with Crippen LogP contribution in [0, 0.1) is 0 Å². The van der Waals surface area contributed by atoms with Gasteiger partial charge in [0.1, 0.15) is 0 Å². The quantitative estimate of drug-likeness (QED) is 0.395. The summed E-state index contributed by atoms with van der Waals surface area (Å²) in [5.41, 5.74) is 3.95. The first-order valence-electron chi connectivity index (χ1n) is 10.3. The molecule has 6 heteroatoms. The molecule has 1 aliphatic heterocycles. The van der Waals surface area contributed by atoms with Crippen LogP contribution >= 0.6 is 11.6 Å². The lowest BCUT2D eigenvalue weighted by molar-refractivity contribution is 0.0730. The summed E-state index contributed by atoms with van der Waals surface area (Å²) >= 11 is 6.01. The van der Waals surface area contributed by atoms with Crippen LogP contribution in [0.25, 0.3) is 11.3 Å². The Hall–Kier alpha value is -3.70. The molecule has 5 rings (SSSR count). The van der Waals surface area contributed by atoms with E-state index in [1.165, 1.54) is 0 Å². The zero-order chi connectivity index (χ0) is 22.1. The number of hydrogen-bond donors (Lipinski definition) is 0. The highest BCUT2D eigenvalue weighted by Crippen LogP contribution is 2.32. The normalized spacial score (nSPS) is 13.0. The van der Waals surface area contributed by atoms with Crippen LogP contribution in [0.2, 0.25) is 5.02 Å². The van der Waals surface area contributed by atoms with Crippen LogP contribution < -0.4 is 0 Å². The molecule has 1 amide bonds. The standard InChI is InChI=1S/C26H19ClN2O3/c27-19-12-10-18(11-13-19)25-22-16-29(15-14-23(22)28-32-25)26(31)21-9-5-4-8-20(21)24(30)17-6-2-1-3-7-17/h1-13H,14-16H2. The summed E-state index contributed by atoms with van der Waals surface area (Å²) in [4.78, 5) is 28.3. The SMILES string of the molecule is O=C(c1ccccc1)c1ccccc1C(=O)N1CCc2noc(-c3ccc(Cl)cc3)c2C1. The van der Waals surface area contributed by atoms with Gasteiger partial charge in [0.2, 0.25) is 0 Å². The van der Waals surface area contributed by atoms with Gasteiger partial charge >= 0.3 is 0 Å². The summed E-state index contributed by atoms with van der Waals surface area (Å²) in [6.07, 6.45) is 0.590. The number of fused-ring (bicyclic) bond motifs is 1. The van der Waals surface area contributed by atoms with Gasteiger partial charge in [-0.25, -0.2) is 0 Å². The van der Waals surface area contributed by atoms with Crippen molar-refractivity contribution in [3.8, 4) is 11.3 Å². The summed E-state index contributed by atoms with van der Waals surface area (Å²) in [6.45, 7) is 0.871. The first-order chi connectivity index (χ1) is 15.6. The van der Waals surface area contributed by atoms with Gasteiger partial charge in [0.15, 0.2) is 11.5 Å². The molecule has 4 aromatic rings. The molecule has 0 aliphatic carbocycles. The Morgan fingerprint density at radius 3 is 2.31 bits per heavy atom. The lowest BCUT2D eigenvalue weighted by Gasteiger charge is -2.27. The highest BCUT2D eigenvalue weighted by molar-refractivity contribution is 6.30. The second kappa shape index (κ2) is 8.44. The minimum Gasteiger partial charge on any atom is -0.356 e. The monoisotopic (exact) mass is 442 g/mol. The van der Waals surface area contributed by atoms with Gasteiger partial charge in [-0.3, -0.25) is 9.59 Å². The number of carbonyl (C=O) groups is 2. The Morgan fingerprint density at radius 2 is 1.56 bits per heavy atom. The average Bonchev–Trinajstić information content (AvgIpc) is 3.27. The van der Waals surface area contributed by atoms with E-state index in [0.717, 1.165) is 16.8 Å². The van der Waals surface area contributed by atoms with Gasteiger partial charge in [-0.1, -0.05) is 65.3 Å². The summed E-state index contributed by atoms with van der Waals surface area (Å²) < 4.78 is 5.61. The van der Waals surface area contributed by atoms with Crippen molar-refractivity contribution < 1.29 is 14.1 Å². The average molecular weight is 443 g/mol. The molecule has 2 heterocycles. The fourth-order valence-electron chi connectivity index (χ4n) is 4.00. The number of benzene rings is 3. The molecule has 158 valence electrons. The molecule has 0 unspecified atom stereocenters. The first-order valence-corrected chi connectivity index (χ1v) is 10.7. The zero-order valence-electron chi connectivity index (χ0n) is 17.1. The van der Waals surface area contributed by atoms with Crippen molar-refractivity contribution in [1.29, 1.82) is 0 Å². The molecule has 5 nitrogen and oxygen atoms in total. The third kappa shape index (κ3) is 3.72. The lowest BCUT2D eigenvalue weighted by Crippen LogP contribution is -2.36. The molecular formula is C26H19ClN2O3. The van der Waals surface area contributed by atoms with E-state index in [0.29, 0.717) is 47.0 Å². The Morgan fingerprint density at radius 1 is 0.875 bits per heavy atom. The fourth-order valence-corrected chi connectivity index (χ4v) is 4.12. The van der Waals surface area contributed by atoms with Crippen LogP contribution in [0.1, 0.15) is 37.5 Å². The zero-order valence-corrected chi connectivity index (χ0v) is 17.9. The molecule has 0 saturated carbocycles. The number of carbonyl (C=O) groups excluding carboxylic acids is 2. The molecule has 3 aromatic carbocycles. The van der Waals surface area contributed by atoms with Crippen LogP contribution in [0.15, 0.2) is 83.4 Å². The number of amides is 1. The topological polar surface area (TPSA) is 63.4 Å². The molecule has 0 fully saturated rings. The second-order valence-electron chi connectivity index (χ2n) is 7.66. The predicted octanol–water partition coefficient (Wildman–Crippen LogP) is 5.42. The minimum absolute atomic E-state index is 0.168. The largest absolute Gasteiger partial charge is 0.356 e. The number of halogens is 1. The number of ketones is 1. The van der Waals surface area contributed by atoms with E-state index in [1.807, 2.05) is 30.3 Å². The third-order valence-electron chi connectivity index (χ3n) is 5.67. The first kappa shape index (κ1) is 20.2. The summed E-state index contributed by atoms with van der Waals surface area (Å²) in [7, 11) is 0. The molecule has 0 atom stereocenters. The van der Waals surface area contributed by atoms with Crippen molar-refractivity contribution in [2.45, 2.75) is 13.0 Å². The minimum atomic E-state index is -0.182. The van der Waals surface area contributed by atoms with Crippen molar-refractivity contribution in [2.24, 2.45) is 0 Å². The Kier molecular flexibility index (Phi) is 5.33. The maximum Gasteiger partial charge on any atom is 0.254 e. The third-order valence-corrected chi connectivity index (χ3v) is 5.92. The van der Waals surface area contributed by atoms with E-state index >= 15 is 0 Å². The van der Waals surface area contributed by atoms with Crippen LogP contribution in [0.5, 0.6) is 0 Å². The smallest absolute Gasteiger partial charge is 0.254 e. The Labute approximate surface area is 190 Å². The maximum absolute atomic E-state index is 13.5. The van der Waals surface area contributed by atoms with Crippen LogP contribution in [0.3, 0.4) is 0 Å².